The highest BCUT2D eigenvalue weighted by Crippen LogP contribution is 2.39. The molecule has 0 bridgehead atoms. The van der Waals surface area contributed by atoms with Gasteiger partial charge in [-0.2, -0.15) is 0 Å². The fraction of sp³-hybridized carbons (Fsp3) is 0.407. The number of carbonyl (C=O) groups is 1. The molecule has 6 nitrogen and oxygen atoms in total. The number of methoxy groups -OCH3 is 1. The maximum absolute atomic E-state index is 13.6. The van der Waals surface area contributed by atoms with Crippen LogP contribution in [0.1, 0.15) is 65.0 Å². The number of amides is 1. The van der Waals surface area contributed by atoms with Crippen LogP contribution in [0.5, 0.6) is 5.75 Å². The molecule has 2 aromatic carbocycles. The van der Waals surface area contributed by atoms with Gasteiger partial charge in [-0.3, -0.25) is 9.59 Å². The fourth-order valence-electron chi connectivity index (χ4n) is 4.53. The first kappa shape index (κ1) is 23.1. The lowest BCUT2D eigenvalue weighted by atomic mass is 9.97. The molecule has 1 aliphatic rings. The fourth-order valence-corrected chi connectivity index (χ4v) is 4.53. The summed E-state index contributed by atoms with van der Waals surface area (Å²) in [6.07, 6.45) is 3.29. The average Bonchev–Trinajstić information content (AvgIpc) is 3.08. The predicted octanol–water partition coefficient (Wildman–Crippen LogP) is 5.17. The van der Waals surface area contributed by atoms with E-state index in [0.29, 0.717) is 36.3 Å². The minimum Gasteiger partial charge on any atom is -0.494 e. The van der Waals surface area contributed by atoms with Crippen molar-refractivity contribution >= 4 is 16.9 Å². The van der Waals surface area contributed by atoms with Gasteiger partial charge in [-0.25, -0.2) is 0 Å². The minimum absolute atomic E-state index is 0.125. The van der Waals surface area contributed by atoms with E-state index in [1.54, 1.807) is 12.0 Å². The van der Waals surface area contributed by atoms with Crippen molar-refractivity contribution < 1.29 is 18.7 Å². The van der Waals surface area contributed by atoms with Crippen LogP contribution in [0.4, 0.5) is 0 Å². The summed E-state index contributed by atoms with van der Waals surface area (Å²) in [5.41, 5.74) is 3.38. The molecule has 0 N–H and O–H groups in total. The van der Waals surface area contributed by atoms with Gasteiger partial charge in [-0.1, -0.05) is 38.0 Å². The molecule has 0 radical (unpaired) electrons. The van der Waals surface area contributed by atoms with Crippen LogP contribution in [0.2, 0.25) is 0 Å². The zero-order valence-corrected chi connectivity index (χ0v) is 19.8. The number of ether oxygens (including phenoxy) is 2. The van der Waals surface area contributed by atoms with E-state index in [9.17, 15) is 9.59 Å². The van der Waals surface area contributed by atoms with Crippen molar-refractivity contribution in [3.63, 3.8) is 0 Å². The van der Waals surface area contributed by atoms with Crippen molar-refractivity contribution in [1.29, 1.82) is 0 Å². The number of hydrogen-bond acceptors (Lipinski definition) is 5. The van der Waals surface area contributed by atoms with Crippen molar-refractivity contribution in [3.05, 3.63) is 74.6 Å². The van der Waals surface area contributed by atoms with Crippen LogP contribution < -0.4 is 10.2 Å². The van der Waals surface area contributed by atoms with E-state index in [0.717, 1.165) is 41.7 Å². The zero-order chi connectivity index (χ0) is 23.5. The van der Waals surface area contributed by atoms with Gasteiger partial charge >= 0.3 is 0 Å². The summed E-state index contributed by atoms with van der Waals surface area (Å²) in [7, 11) is 1.59. The third-order valence-corrected chi connectivity index (χ3v) is 6.15. The van der Waals surface area contributed by atoms with Gasteiger partial charge in [-0.05, 0) is 55.2 Å². The lowest BCUT2D eigenvalue weighted by Crippen LogP contribution is -2.32. The van der Waals surface area contributed by atoms with Crippen LogP contribution in [-0.4, -0.2) is 37.7 Å². The molecule has 1 unspecified atom stereocenters. The minimum atomic E-state index is -0.529. The molecule has 1 atom stereocenters. The number of fused-ring (bicyclic) bond motifs is 2. The summed E-state index contributed by atoms with van der Waals surface area (Å²) in [5, 5.41) is 0.508. The van der Waals surface area contributed by atoms with Gasteiger partial charge in [0.15, 0.2) is 5.43 Å². The molecule has 0 spiro atoms. The Labute approximate surface area is 194 Å². The Kier molecular flexibility index (Phi) is 6.84. The molecule has 0 aliphatic carbocycles. The molecule has 1 amide bonds. The topological polar surface area (TPSA) is 69.0 Å². The molecule has 4 rings (SSSR count). The Morgan fingerprint density at radius 3 is 2.48 bits per heavy atom. The highest BCUT2D eigenvalue weighted by Gasteiger charge is 2.42. The van der Waals surface area contributed by atoms with E-state index in [-0.39, 0.29) is 17.1 Å². The zero-order valence-electron chi connectivity index (χ0n) is 19.8. The Balaban J connectivity index is 1.77. The van der Waals surface area contributed by atoms with Crippen LogP contribution in [-0.2, 0) is 4.74 Å². The SMILES string of the molecule is CCCCCOc1ccc(C2c3c(oc4c(C)cc(C)cc4c3=O)C(=O)N2CCOC)cc1. The summed E-state index contributed by atoms with van der Waals surface area (Å²) in [4.78, 5) is 28.7. The third-order valence-electron chi connectivity index (χ3n) is 6.15. The third kappa shape index (κ3) is 4.40. The first-order valence-corrected chi connectivity index (χ1v) is 11.6. The van der Waals surface area contributed by atoms with Gasteiger partial charge in [0.05, 0.1) is 30.2 Å². The highest BCUT2D eigenvalue weighted by molar-refractivity contribution is 5.99. The van der Waals surface area contributed by atoms with Gasteiger partial charge in [0.1, 0.15) is 11.3 Å². The van der Waals surface area contributed by atoms with Gasteiger partial charge < -0.3 is 18.8 Å². The van der Waals surface area contributed by atoms with Crippen molar-refractivity contribution in [2.75, 3.05) is 26.9 Å². The van der Waals surface area contributed by atoms with E-state index in [4.69, 9.17) is 13.9 Å². The second-order valence-electron chi connectivity index (χ2n) is 8.65. The summed E-state index contributed by atoms with van der Waals surface area (Å²) in [6.45, 7) is 7.39. The highest BCUT2D eigenvalue weighted by atomic mass is 16.5. The monoisotopic (exact) mass is 449 g/mol. The molecule has 1 aliphatic heterocycles. The van der Waals surface area contributed by atoms with E-state index >= 15 is 0 Å². The van der Waals surface area contributed by atoms with E-state index < -0.39 is 6.04 Å². The molecule has 0 fully saturated rings. The Morgan fingerprint density at radius 2 is 1.79 bits per heavy atom. The number of carbonyl (C=O) groups excluding carboxylic acids is 1. The maximum Gasteiger partial charge on any atom is 0.290 e. The molecule has 6 heteroatoms. The van der Waals surface area contributed by atoms with Crippen molar-refractivity contribution in [2.45, 2.75) is 46.1 Å². The van der Waals surface area contributed by atoms with E-state index in [1.165, 1.54) is 0 Å². The first-order chi connectivity index (χ1) is 16.0. The molecule has 3 aromatic rings. The van der Waals surface area contributed by atoms with Crippen molar-refractivity contribution in [1.82, 2.24) is 4.90 Å². The lowest BCUT2D eigenvalue weighted by molar-refractivity contribution is 0.0663. The molecule has 1 aromatic heterocycles. The van der Waals surface area contributed by atoms with E-state index in [2.05, 4.69) is 6.92 Å². The van der Waals surface area contributed by atoms with Crippen LogP contribution >= 0.6 is 0 Å². The molecule has 33 heavy (non-hydrogen) atoms. The number of nitrogens with zero attached hydrogens (tertiary/aromatic N) is 1. The molecular formula is C27H31NO5. The molecular weight excluding hydrogens is 418 g/mol. The summed E-state index contributed by atoms with van der Waals surface area (Å²) >= 11 is 0. The summed E-state index contributed by atoms with van der Waals surface area (Å²) in [6, 6.07) is 10.9. The van der Waals surface area contributed by atoms with E-state index in [1.807, 2.05) is 50.2 Å². The Bertz CT molecular complexity index is 1210. The number of rotatable bonds is 9. The molecule has 2 heterocycles. The van der Waals surface area contributed by atoms with Crippen LogP contribution in [0.3, 0.4) is 0 Å². The molecule has 174 valence electrons. The summed E-state index contributed by atoms with van der Waals surface area (Å²) in [5.74, 6) is 0.617. The Morgan fingerprint density at radius 1 is 1.03 bits per heavy atom. The quantitative estimate of drug-likeness (QED) is 0.422. The molecule has 0 saturated carbocycles. The second kappa shape index (κ2) is 9.79. The first-order valence-electron chi connectivity index (χ1n) is 11.6. The maximum atomic E-state index is 13.6. The number of unbranched alkanes of at least 4 members (excludes halogenated alkanes) is 2. The van der Waals surface area contributed by atoms with Gasteiger partial charge in [0.2, 0.25) is 5.76 Å². The smallest absolute Gasteiger partial charge is 0.290 e. The summed E-state index contributed by atoms with van der Waals surface area (Å²) < 4.78 is 17.2. The van der Waals surface area contributed by atoms with Crippen LogP contribution in [0.15, 0.2) is 45.6 Å². The number of hydrogen-bond donors (Lipinski definition) is 0. The normalized spacial score (nSPS) is 15.3. The van der Waals surface area contributed by atoms with Crippen molar-refractivity contribution in [3.8, 4) is 5.75 Å². The average molecular weight is 450 g/mol. The second-order valence-corrected chi connectivity index (χ2v) is 8.65. The van der Waals surface area contributed by atoms with Gasteiger partial charge in [0, 0.05) is 13.7 Å². The lowest BCUT2D eigenvalue weighted by Gasteiger charge is -2.25. The standard InChI is InChI=1S/C27H31NO5/c1-5-6-7-13-32-20-10-8-19(9-11-20)23-22-24(29)21-16-17(2)15-18(3)25(21)33-26(22)27(30)28(23)12-14-31-4/h8-11,15-16,23H,5-7,12-14H2,1-4H3. The predicted molar refractivity (Wildman–Crippen MR) is 128 cm³/mol. The van der Waals surface area contributed by atoms with Crippen molar-refractivity contribution in [2.24, 2.45) is 0 Å². The van der Waals surface area contributed by atoms with Gasteiger partial charge in [-0.15, -0.1) is 0 Å². The van der Waals surface area contributed by atoms with Crippen LogP contribution in [0.25, 0.3) is 11.0 Å². The van der Waals surface area contributed by atoms with Crippen LogP contribution in [0, 0.1) is 13.8 Å². The number of aryl methyl sites for hydroxylation is 2. The largest absolute Gasteiger partial charge is 0.494 e. The van der Waals surface area contributed by atoms with Gasteiger partial charge in [0.25, 0.3) is 5.91 Å². The Hall–Kier alpha value is -3.12. The molecule has 0 saturated heterocycles. The number of benzene rings is 2.